The zero-order chi connectivity index (χ0) is 13.4. The van der Waals surface area contributed by atoms with Gasteiger partial charge in [0, 0.05) is 5.75 Å². The van der Waals surface area contributed by atoms with E-state index in [1.807, 2.05) is 20.6 Å². The zero-order valence-electron chi connectivity index (χ0n) is 9.43. The van der Waals surface area contributed by atoms with Crippen LogP contribution in [-0.4, -0.2) is 24.9 Å². The molecule has 5 nitrogen and oxygen atoms in total. The van der Waals surface area contributed by atoms with Crippen molar-refractivity contribution in [1.82, 2.24) is 0 Å². The molecule has 0 atom stereocenters. The van der Waals surface area contributed by atoms with Crippen molar-refractivity contribution in [3.8, 4) is 0 Å². The summed E-state index contributed by atoms with van der Waals surface area (Å²) in [6, 6.07) is 0. The van der Waals surface area contributed by atoms with Gasteiger partial charge in [0.2, 0.25) is 0 Å². The maximum Gasteiger partial charge on any atom is 0.389 e. The molecule has 106 valence electrons. The molecular weight excluding hydrogens is 363 g/mol. The Morgan fingerprint density at radius 1 is 1.12 bits per heavy atom. The summed E-state index contributed by atoms with van der Waals surface area (Å²) in [5.41, 5.74) is 0. The van der Waals surface area contributed by atoms with E-state index in [1.54, 1.807) is 19.7 Å². The highest BCUT2D eigenvalue weighted by Gasteiger charge is 2.04. The van der Waals surface area contributed by atoms with Gasteiger partial charge < -0.3 is 4.89 Å². The Balaban J connectivity index is 0. The van der Waals surface area contributed by atoms with E-state index in [1.165, 1.54) is 36.2 Å². The lowest BCUT2D eigenvalue weighted by Gasteiger charge is -2.02. The van der Waals surface area contributed by atoms with Crippen molar-refractivity contribution in [2.75, 3.05) is 20.0 Å². The van der Waals surface area contributed by atoms with Crippen LogP contribution in [0, 0.1) is 0 Å². The molecule has 0 aliphatic heterocycles. The first-order valence-corrected chi connectivity index (χ1v) is 12.6. The first-order chi connectivity index (χ1) is 8.22. The summed E-state index contributed by atoms with van der Waals surface area (Å²) in [7, 11) is 9.19. The highest BCUT2D eigenvalue weighted by molar-refractivity contribution is 9.41. The largest absolute Gasteiger partial charge is 0.389 e. The molecule has 0 bridgehead atoms. The molecule has 0 aromatic rings. The third-order valence-electron chi connectivity index (χ3n) is 0.698. The summed E-state index contributed by atoms with van der Waals surface area (Å²) in [6.45, 7) is 2.19. The summed E-state index contributed by atoms with van der Waals surface area (Å²) in [6.07, 6.45) is 1.26. The fourth-order valence-electron chi connectivity index (χ4n) is 0.301. The van der Waals surface area contributed by atoms with Gasteiger partial charge in [-0.25, -0.2) is 9.78 Å². The van der Waals surface area contributed by atoms with Gasteiger partial charge in [0.1, 0.15) is 0 Å². The second-order valence-corrected chi connectivity index (χ2v) is 11.2. The van der Waals surface area contributed by atoms with Crippen LogP contribution in [0.4, 0.5) is 0 Å². The van der Waals surface area contributed by atoms with Crippen LogP contribution in [-0.2, 0) is 19.1 Å². The minimum absolute atomic E-state index is 1.25. The van der Waals surface area contributed by atoms with Gasteiger partial charge in [-0.2, -0.15) is 9.35 Å². The van der Waals surface area contributed by atoms with Gasteiger partial charge in [-0.3, -0.25) is 0 Å². The predicted octanol–water partition coefficient (Wildman–Crippen LogP) is 4.93. The molecule has 0 aliphatic rings. The highest BCUT2D eigenvalue weighted by Crippen LogP contribution is 2.49. The van der Waals surface area contributed by atoms with Crippen molar-refractivity contribution in [3.63, 3.8) is 0 Å². The van der Waals surface area contributed by atoms with Crippen molar-refractivity contribution in [1.29, 1.82) is 0 Å². The topological polar surface area (TPSA) is 57.2 Å². The van der Waals surface area contributed by atoms with Crippen molar-refractivity contribution < 1.29 is 24.0 Å². The lowest BCUT2D eigenvalue weighted by atomic mass is 10.6. The minimum atomic E-state index is -2.03. The maximum absolute atomic E-state index is 8.42. The van der Waals surface area contributed by atoms with Crippen molar-refractivity contribution in [3.05, 3.63) is 0 Å². The fraction of sp³-hybridized carbons (Fsp3) is 1.00. The summed E-state index contributed by atoms with van der Waals surface area (Å²) >= 11 is 3.98. The van der Waals surface area contributed by atoms with E-state index < -0.39 is 8.60 Å². The van der Waals surface area contributed by atoms with Crippen LogP contribution in [0.2, 0.25) is 0 Å². The Hall–Kier alpha value is 2.33. The Morgan fingerprint density at radius 3 is 2.12 bits per heavy atom. The molecule has 0 aromatic carbocycles. The lowest BCUT2D eigenvalue weighted by Crippen LogP contribution is -1.86. The molecule has 0 aliphatic carbocycles. The molecular formula is C5H15O5PS6. The molecule has 0 amide bonds. The summed E-state index contributed by atoms with van der Waals surface area (Å²) in [4.78, 5) is 16.5. The third kappa shape index (κ3) is 23.8. The van der Waals surface area contributed by atoms with Gasteiger partial charge in [0.15, 0.2) is 0 Å². The average Bonchev–Trinajstić information content (AvgIpc) is 2.31. The Labute approximate surface area is 127 Å². The fourth-order valence-corrected chi connectivity index (χ4v) is 9.45. The quantitative estimate of drug-likeness (QED) is 0.137. The van der Waals surface area contributed by atoms with Crippen LogP contribution < -0.4 is 0 Å². The molecule has 0 saturated heterocycles. The Kier molecular flexibility index (Phi) is 26.3. The second-order valence-electron chi connectivity index (χ2n) is 1.82. The first kappa shape index (κ1) is 21.6. The second kappa shape index (κ2) is 20.6. The zero-order valence-corrected chi connectivity index (χ0v) is 15.3. The monoisotopic (exact) mass is 378 g/mol. The Morgan fingerprint density at radius 2 is 1.71 bits per heavy atom. The van der Waals surface area contributed by atoms with Crippen LogP contribution in [0.5, 0.6) is 0 Å². The van der Waals surface area contributed by atoms with E-state index in [-0.39, 0.29) is 0 Å². The third-order valence-corrected chi connectivity index (χ3v) is 10.5. The van der Waals surface area contributed by atoms with Crippen molar-refractivity contribution in [2.45, 2.75) is 13.3 Å². The number of hydrogen-bond acceptors (Lipinski definition) is 11. The smallest absolute Gasteiger partial charge is 0.325 e. The molecule has 1 N–H and O–H groups in total. The van der Waals surface area contributed by atoms with Crippen molar-refractivity contribution in [2.24, 2.45) is 0 Å². The molecule has 0 radical (unpaired) electrons. The van der Waals surface area contributed by atoms with Crippen LogP contribution in [0.3, 0.4) is 0 Å². The summed E-state index contributed by atoms with van der Waals surface area (Å²) in [5, 5.41) is 0. The number of thiol groups is 1. The van der Waals surface area contributed by atoms with Crippen LogP contribution in [0.25, 0.3) is 0 Å². The maximum atomic E-state index is 8.42. The standard InChI is InChI=1S/C3H8S6.C2H7O5P/c1-2-3-5-7-9-8-6-4;1-4-6-8(3)7-5-2/h4H,2-3H2,1H3;3H,1-2H3. The molecule has 0 spiro atoms. The average molecular weight is 379 g/mol. The molecule has 0 unspecified atom stereocenters. The molecule has 0 rings (SSSR count). The van der Waals surface area contributed by atoms with E-state index >= 15 is 0 Å². The van der Waals surface area contributed by atoms with Crippen LogP contribution in [0.1, 0.15) is 13.3 Å². The normalized spacial score (nSPS) is 10.2. The molecule has 0 aromatic heterocycles. The van der Waals surface area contributed by atoms with E-state index in [0.29, 0.717) is 0 Å². The number of hydrogen-bond donors (Lipinski definition) is 2. The molecule has 0 fully saturated rings. The van der Waals surface area contributed by atoms with Gasteiger partial charge in [0.05, 0.1) is 14.2 Å². The van der Waals surface area contributed by atoms with Gasteiger partial charge in [-0.1, -0.05) is 29.4 Å². The van der Waals surface area contributed by atoms with Gasteiger partial charge in [0.25, 0.3) is 0 Å². The molecule has 0 heterocycles. The van der Waals surface area contributed by atoms with E-state index in [2.05, 4.69) is 37.7 Å². The number of rotatable bonds is 10. The van der Waals surface area contributed by atoms with Crippen molar-refractivity contribution >= 4 is 70.4 Å². The summed E-state index contributed by atoms with van der Waals surface area (Å²) < 4.78 is 8.11. The van der Waals surface area contributed by atoms with Gasteiger partial charge >= 0.3 is 8.60 Å². The van der Waals surface area contributed by atoms with Crippen LogP contribution in [0.15, 0.2) is 0 Å². The predicted molar refractivity (Wildman–Crippen MR) is 87.4 cm³/mol. The Bertz CT molecular complexity index is 125. The van der Waals surface area contributed by atoms with E-state index in [9.17, 15) is 0 Å². The van der Waals surface area contributed by atoms with E-state index in [0.717, 1.165) is 0 Å². The summed E-state index contributed by atoms with van der Waals surface area (Å²) in [5.74, 6) is 1.25. The molecule has 0 saturated carbocycles. The lowest BCUT2D eigenvalue weighted by molar-refractivity contribution is -0.242. The minimum Gasteiger partial charge on any atom is -0.325 e. The molecule has 17 heavy (non-hydrogen) atoms. The van der Waals surface area contributed by atoms with E-state index in [4.69, 9.17) is 4.89 Å². The van der Waals surface area contributed by atoms with Crippen LogP contribution >= 0.6 is 70.4 Å². The van der Waals surface area contributed by atoms with Gasteiger partial charge in [-0.15, -0.1) is 0 Å². The first-order valence-electron chi connectivity index (χ1n) is 4.06. The van der Waals surface area contributed by atoms with Gasteiger partial charge in [-0.05, 0) is 45.7 Å². The molecule has 12 heteroatoms. The SMILES string of the molecule is CCCSSSSSS.COOP(O)OOC. The highest BCUT2D eigenvalue weighted by atomic mass is 33.9.